The Bertz CT molecular complexity index is 431. The molecule has 0 aromatic heterocycles. The van der Waals surface area contributed by atoms with Crippen molar-refractivity contribution in [2.24, 2.45) is 0 Å². The molecule has 0 spiro atoms. The van der Waals surface area contributed by atoms with E-state index in [9.17, 15) is 9.59 Å². The van der Waals surface area contributed by atoms with Crippen LogP contribution in [0.25, 0.3) is 0 Å². The summed E-state index contributed by atoms with van der Waals surface area (Å²) in [6, 6.07) is 6.63. The quantitative estimate of drug-likeness (QED) is 0.800. The molecule has 18 heavy (non-hydrogen) atoms. The number of carbonyl (C=O) groups excluding carboxylic acids is 1. The molecule has 5 nitrogen and oxygen atoms in total. The van der Waals surface area contributed by atoms with E-state index >= 15 is 0 Å². The van der Waals surface area contributed by atoms with E-state index in [1.54, 1.807) is 0 Å². The average molecular weight is 251 g/mol. The second-order valence-electron chi connectivity index (χ2n) is 3.99. The van der Waals surface area contributed by atoms with Crippen molar-refractivity contribution in [1.82, 2.24) is 5.32 Å². The molecular weight excluding hydrogens is 234 g/mol. The Kier molecular flexibility index (Phi) is 5.17. The SMILES string of the molecule is Cc1ccccc1OCCC(=O)NC(C)C(=O)O. The Labute approximate surface area is 106 Å². The highest BCUT2D eigenvalue weighted by Crippen LogP contribution is 2.16. The number of carbonyl (C=O) groups is 2. The number of aryl methyl sites for hydroxylation is 1. The van der Waals surface area contributed by atoms with Crippen molar-refractivity contribution in [2.45, 2.75) is 26.3 Å². The molecule has 1 atom stereocenters. The summed E-state index contributed by atoms with van der Waals surface area (Å²) in [5.41, 5.74) is 0.997. The average Bonchev–Trinajstić information content (AvgIpc) is 2.31. The molecule has 0 bridgehead atoms. The number of hydrogen-bond acceptors (Lipinski definition) is 3. The van der Waals surface area contributed by atoms with E-state index in [0.717, 1.165) is 11.3 Å². The molecule has 0 saturated heterocycles. The monoisotopic (exact) mass is 251 g/mol. The van der Waals surface area contributed by atoms with Gasteiger partial charge in [-0.1, -0.05) is 18.2 Å². The lowest BCUT2D eigenvalue weighted by Crippen LogP contribution is -2.38. The van der Waals surface area contributed by atoms with Gasteiger partial charge in [-0.05, 0) is 25.5 Å². The summed E-state index contributed by atoms with van der Waals surface area (Å²) in [6.07, 6.45) is 0.131. The number of benzene rings is 1. The fraction of sp³-hybridized carbons (Fsp3) is 0.385. The van der Waals surface area contributed by atoms with Crippen LogP contribution in [-0.2, 0) is 9.59 Å². The lowest BCUT2D eigenvalue weighted by atomic mass is 10.2. The fourth-order valence-corrected chi connectivity index (χ4v) is 1.35. The minimum atomic E-state index is -1.05. The molecule has 1 rings (SSSR count). The first-order chi connectivity index (χ1) is 8.50. The van der Waals surface area contributed by atoms with Crippen LogP contribution >= 0.6 is 0 Å². The molecule has 2 N–H and O–H groups in total. The van der Waals surface area contributed by atoms with Crippen LogP contribution in [0.15, 0.2) is 24.3 Å². The predicted molar refractivity (Wildman–Crippen MR) is 66.5 cm³/mol. The zero-order chi connectivity index (χ0) is 13.5. The van der Waals surface area contributed by atoms with Crippen LogP contribution in [0.1, 0.15) is 18.9 Å². The summed E-state index contributed by atoms with van der Waals surface area (Å²) in [4.78, 5) is 21.9. The van der Waals surface area contributed by atoms with Gasteiger partial charge in [0.15, 0.2) is 0 Å². The molecule has 0 aliphatic heterocycles. The summed E-state index contributed by atoms with van der Waals surface area (Å²) >= 11 is 0. The number of amides is 1. The topological polar surface area (TPSA) is 75.6 Å². The first-order valence-electron chi connectivity index (χ1n) is 5.71. The number of aliphatic carboxylic acids is 1. The van der Waals surface area contributed by atoms with E-state index in [4.69, 9.17) is 9.84 Å². The van der Waals surface area contributed by atoms with E-state index in [1.807, 2.05) is 31.2 Å². The second-order valence-corrected chi connectivity index (χ2v) is 3.99. The van der Waals surface area contributed by atoms with Crippen LogP contribution in [-0.4, -0.2) is 29.6 Å². The Hall–Kier alpha value is -2.04. The highest BCUT2D eigenvalue weighted by Gasteiger charge is 2.13. The normalized spacial score (nSPS) is 11.7. The van der Waals surface area contributed by atoms with E-state index in [1.165, 1.54) is 6.92 Å². The molecule has 1 aromatic rings. The van der Waals surface area contributed by atoms with Crippen LogP contribution in [0.4, 0.5) is 0 Å². The van der Waals surface area contributed by atoms with Crippen LogP contribution in [0.2, 0.25) is 0 Å². The third kappa shape index (κ3) is 4.45. The van der Waals surface area contributed by atoms with Gasteiger partial charge in [-0.2, -0.15) is 0 Å². The zero-order valence-electron chi connectivity index (χ0n) is 10.5. The molecule has 1 amide bonds. The molecule has 98 valence electrons. The largest absolute Gasteiger partial charge is 0.493 e. The van der Waals surface area contributed by atoms with Crippen molar-refractivity contribution in [3.63, 3.8) is 0 Å². The second kappa shape index (κ2) is 6.64. The summed E-state index contributed by atoms with van der Waals surface area (Å²) in [5, 5.41) is 11.0. The Morgan fingerprint density at radius 3 is 2.67 bits per heavy atom. The summed E-state index contributed by atoms with van der Waals surface area (Å²) in [5.74, 6) is -0.654. The van der Waals surface area contributed by atoms with E-state index < -0.39 is 12.0 Å². The van der Waals surface area contributed by atoms with Crippen LogP contribution in [0, 0.1) is 6.92 Å². The van der Waals surface area contributed by atoms with Gasteiger partial charge in [0.25, 0.3) is 0 Å². The van der Waals surface area contributed by atoms with Crippen LogP contribution < -0.4 is 10.1 Å². The van der Waals surface area contributed by atoms with Gasteiger partial charge in [0, 0.05) is 0 Å². The third-order valence-corrected chi connectivity index (χ3v) is 2.43. The van der Waals surface area contributed by atoms with Crippen molar-refractivity contribution in [1.29, 1.82) is 0 Å². The van der Waals surface area contributed by atoms with Crippen molar-refractivity contribution in [3.05, 3.63) is 29.8 Å². The summed E-state index contributed by atoms with van der Waals surface area (Å²) in [7, 11) is 0. The van der Waals surface area contributed by atoms with Gasteiger partial charge in [-0.25, -0.2) is 0 Å². The van der Waals surface area contributed by atoms with Crippen LogP contribution in [0.3, 0.4) is 0 Å². The number of hydrogen-bond donors (Lipinski definition) is 2. The number of ether oxygens (including phenoxy) is 1. The lowest BCUT2D eigenvalue weighted by molar-refractivity contribution is -0.141. The van der Waals surface area contributed by atoms with Gasteiger partial charge in [0.2, 0.25) is 5.91 Å². The van der Waals surface area contributed by atoms with E-state index in [0.29, 0.717) is 0 Å². The molecule has 0 fully saturated rings. The highest BCUT2D eigenvalue weighted by molar-refractivity contribution is 5.83. The minimum Gasteiger partial charge on any atom is -0.493 e. The number of para-hydroxylation sites is 1. The smallest absolute Gasteiger partial charge is 0.325 e. The van der Waals surface area contributed by atoms with E-state index in [-0.39, 0.29) is 18.9 Å². The maximum Gasteiger partial charge on any atom is 0.325 e. The molecule has 0 heterocycles. The molecule has 0 aliphatic rings. The molecule has 0 saturated carbocycles. The number of carboxylic acids is 1. The Balaban J connectivity index is 2.32. The first kappa shape index (κ1) is 14.0. The minimum absolute atomic E-state index is 0.131. The maximum absolute atomic E-state index is 11.4. The molecule has 0 radical (unpaired) electrons. The highest BCUT2D eigenvalue weighted by atomic mass is 16.5. The predicted octanol–water partition coefficient (Wildman–Crippen LogP) is 1.35. The third-order valence-electron chi connectivity index (χ3n) is 2.43. The summed E-state index contributed by atoms with van der Waals surface area (Å²) < 4.78 is 5.44. The van der Waals surface area contributed by atoms with Crippen molar-refractivity contribution < 1.29 is 19.4 Å². The van der Waals surface area contributed by atoms with Gasteiger partial charge >= 0.3 is 5.97 Å². The van der Waals surface area contributed by atoms with Crippen LogP contribution in [0.5, 0.6) is 5.75 Å². The van der Waals surface area contributed by atoms with E-state index in [2.05, 4.69) is 5.32 Å². The molecule has 0 aliphatic carbocycles. The lowest BCUT2D eigenvalue weighted by Gasteiger charge is -2.11. The zero-order valence-corrected chi connectivity index (χ0v) is 10.5. The van der Waals surface area contributed by atoms with Gasteiger partial charge in [-0.3, -0.25) is 9.59 Å². The number of rotatable bonds is 6. The first-order valence-corrected chi connectivity index (χ1v) is 5.71. The molecule has 1 unspecified atom stereocenters. The fourth-order valence-electron chi connectivity index (χ4n) is 1.35. The van der Waals surface area contributed by atoms with Gasteiger partial charge in [0.1, 0.15) is 11.8 Å². The Morgan fingerprint density at radius 2 is 2.06 bits per heavy atom. The van der Waals surface area contributed by atoms with Gasteiger partial charge in [-0.15, -0.1) is 0 Å². The van der Waals surface area contributed by atoms with Crippen molar-refractivity contribution >= 4 is 11.9 Å². The summed E-state index contributed by atoms with van der Waals surface area (Å²) in [6.45, 7) is 3.56. The Morgan fingerprint density at radius 1 is 1.39 bits per heavy atom. The maximum atomic E-state index is 11.4. The van der Waals surface area contributed by atoms with Gasteiger partial charge in [0.05, 0.1) is 13.0 Å². The molecule has 1 aromatic carbocycles. The molecule has 5 heteroatoms. The number of carboxylic acid groups (broad SMARTS) is 1. The van der Waals surface area contributed by atoms with Gasteiger partial charge < -0.3 is 15.2 Å². The molecular formula is C13H17NO4. The number of nitrogens with one attached hydrogen (secondary N) is 1. The standard InChI is InChI=1S/C13H17NO4/c1-9-5-3-4-6-11(9)18-8-7-12(15)14-10(2)13(16)17/h3-6,10H,7-8H2,1-2H3,(H,14,15)(H,16,17). The van der Waals surface area contributed by atoms with Crippen molar-refractivity contribution in [3.8, 4) is 5.75 Å². The van der Waals surface area contributed by atoms with Crippen molar-refractivity contribution in [2.75, 3.05) is 6.61 Å².